The van der Waals surface area contributed by atoms with E-state index in [1.807, 2.05) is 52.0 Å². The molecule has 1 amide bonds. The summed E-state index contributed by atoms with van der Waals surface area (Å²) in [5.74, 6) is 0.693. The van der Waals surface area contributed by atoms with Gasteiger partial charge in [-0.25, -0.2) is 4.79 Å². The molecule has 0 radical (unpaired) electrons. The van der Waals surface area contributed by atoms with Crippen LogP contribution in [0.1, 0.15) is 34.1 Å². The number of benzene rings is 1. The van der Waals surface area contributed by atoms with Gasteiger partial charge in [-0.15, -0.1) is 0 Å². The minimum atomic E-state index is -2.74. The lowest BCUT2D eigenvalue weighted by Gasteiger charge is -2.28. The molecule has 0 spiro atoms. The molecule has 0 saturated carbocycles. The number of nitrogens with zero attached hydrogens (tertiary/aromatic N) is 1. The first-order valence-corrected chi connectivity index (χ1v) is 16.1. The Bertz CT molecular complexity index is 793. The van der Waals surface area contributed by atoms with Crippen LogP contribution in [0.4, 0.5) is 10.5 Å². The summed E-state index contributed by atoms with van der Waals surface area (Å²) in [7, 11) is -2.74. The standard InChI is InChI=1S/C27H46N2O9Si/c1-5-31-18-26(38-27(30)28-14-9-15-39(35-6-2,36-7-3)37-8-4)21-32-23-12-10-22(11-13-23)29(16-24-19-33-24)17-25-20-34-25/h10-13,24-26H,5-9,14-21H2,1-4H3,(H,28,30). The zero-order chi connectivity index (χ0) is 27.9. The van der Waals surface area contributed by atoms with Crippen molar-refractivity contribution in [3.8, 4) is 5.75 Å². The van der Waals surface area contributed by atoms with Crippen molar-refractivity contribution in [3.05, 3.63) is 24.3 Å². The van der Waals surface area contributed by atoms with Crippen LogP contribution in [0.5, 0.6) is 5.75 Å². The van der Waals surface area contributed by atoms with Crippen LogP contribution in [0.3, 0.4) is 0 Å². The maximum absolute atomic E-state index is 12.5. The van der Waals surface area contributed by atoms with Crippen molar-refractivity contribution in [3.63, 3.8) is 0 Å². The van der Waals surface area contributed by atoms with Crippen LogP contribution in [0.2, 0.25) is 6.04 Å². The molecule has 2 heterocycles. The quantitative estimate of drug-likeness (QED) is 0.127. The van der Waals surface area contributed by atoms with E-state index in [1.165, 1.54) is 0 Å². The Morgan fingerprint density at radius 2 is 1.54 bits per heavy atom. The van der Waals surface area contributed by atoms with Crippen LogP contribution in [-0.2, 0) is 32.2 Å². The molecule has 1 aromatic rings. The number of amides is 1. The molecule has 12 heteroatoms. The SMILES string of the molecule is CCOCC(COc1ccc(N(CC2CO2)CC2CO2)cc1)OC(=O)NCCC[Si](OCC)(OCC)OCC. The van der Waals surface area contributed by atoms with Gasteiger partial charge in [0.15, 0.2) is 6.10 Å². The number of alkyl carbamates (subject to hydrolysis) is 1. The number of carbonyl (C=O) groups is 1. The Balaban J connectivity index is 1.43. The predicted octanol–water partition coefficient (Wildman–Crippen LogP) is 3.24. The van der Waals surface area contributed by atoms with Gasteiger partial charge in [-0.3, -0.25) is 0 Å². The third kappa shape index (κ3) is 12.0. The summed E-state index contributed by atoms with van der Waals surface area (Å²) < 4.78 is 45.5. The molecule has 3 atom stereocenters. The molecule has 2 aliphatic heterocycles. The highest BCUT2D eigenvalue weighted by Crippen LogP contribution is 2.25. The van der Waals surface area contributed by atoms with Crippen LogP contribution in [0, 0.1) is 0 Å². The number of nitrogens with one attached hydrogen (secondary N) is 1. The van der Waals surface area contributed by atoms with Gasteiger partial charge < -0.3 is 47.2 Å². The van der Waals surface area contributed by atoms with Gasteiger partial charge in [-0.05, 0) is 58.4 Å². The Morgan fingerprint density at radius 3 is 2.05 bits per heavy atom. The summed E-state index contributed by atoms with van der Waals surface area (Å²) >= 11 is 0. The number of ether oxygens (including phenoxy) is 5. The summed E-state index contributed by atoms with van der Waals surface area (Å²) in [5, 5.41) is 2.81. The fourth-order valence-electron chi connectivity index (χ4n) is 4.12. The van der Waals surface area contributed by atoms with Gasteiger partial charge in [0.1, 0.15) is 12.4 Å². The Hall–Kier alpha value is -1.93. The molecule has 11 nitrogen and oxygen atoms in total. The molecule has 0 aliphatic carbocycles. The molecule has 0 bridgehead atoms. The molecule has 1 aromatic carbocycles. The molecule has 3 rings (SSSR count). The van der Waals surface area contributed by atoms with E-state index in [-0.39, 0.29) is 13.2 Å². The van der Waals surface area contributed by atoms with Crippen molar-refractivity contribution in [2.24, 2.45) is 0 Å². The number of hydrogen-bond acceptors (Lipinski definition) is 10. The maximum atomic E-state index is 12.5. The number of epoxide rings is 2. The summed E-state index contributed by atoms with van der Waals surface area (Å²) in [6.45, 7) is 13.9. The van der Waals surface area contributed by atoms with Crippen molar-refractivity contribution >= 4 is 20.6 Å². The Morgan fingerprint density at radius 1 is 0.949 bits per heavy atom. The molecular weight excluding hydrogens is 524 g/mol. The predicted molar refractivity (Wildman–Crippen MR) is 148 cm³/mol. The van der Waals surface area contributed by atoms with Crippen LogP contribution >= 0.6 is 0 Å². The van der Waals surface area contributed by atoms with Crippen molar-refractivity contribution in [1.29, 1.82) is 0 Å². The summed E-state index contributed by atoms with van der Waals surface area (Å²) in [6, 6.07) is 8.52. The third-order valence-corrected chi connectivity index (χ3v) is 9.25. The smallest absolute Gasteiger partial charge is 0.490 e. The monoisotopic (exact) mass is 570 g/mol. The van der Waals surface area contributed by atoms with E-state index in [0.717, 1.165) is 32.0 Å². The second kappa shape index (κ2) is 17.0. The van der Waals surface area contributed by atoms with Crippen molar-refractivity contribution in [1.82, 2.24) is 5.32 Å². The van der Waals surface area contributed by atoms with Crippen LogP contribution in [-0.4, -0.2) is 106 Å². The highest BCUT2D eigenvalue weighted by molar-refractivity contribution is 6.60. The number of rotatable bonds is 22. The van der Waals surface area contributed by atoms with Crippen molar-refractivity contribution in [2.75, 3.05) is 77.4 Å². The van der Waals surface area contributed by atoms with E-state index in [2.05, 4.69) is 10.2 Å². The summed E-state index contributed by atoms with van der Waals surface area (Å²) in [5.41, 5.74) is 1.10. The first-order chi connectivity index (χ1) is 19.0. The van der Waals surface area contributed by atoms with Crippen LogP contribution in [0.15, 0.2) is 24.3 Å². The first-order valence-electron chi connectivity index (χ1n) is 14.2. The van der Waals surface area contributed by atoms with Crippen molar-refractivity contribution in [2.45, 2.75) is 58.5 Å². The molecule has 0 aromatic heterocycles. The molecule has 39 heavy (non-hydrogen) atoms. The van der Waals surface area contributed by atoms with Gasteiger partial charge in [-0.1, -0.05) is 0 Å². The molecule has 3 unspecified atom stereocenters. The molecular formula is C27H46N2O9Si. The van der Waals surface area contributed by atoms with Crippen LogP contribution in [0.25, 0.3) is 0 Å². The van der Waals surface area contributed by atoms with E-state index in [9.17, 15) is 4.79 Å². The van der Waals surface area contributed by atoms with Gasteiger partial charge in [0.25, 0.3) is 0 Å². The minimum absolute atomic E-state index is 0.178. The maximum Gasteiger partial charge on any atom is 0.500 e. The van der Waals surface area contributed by atoms with Gasteiger partial charge in [0.2, 0.25) is 0 Å². The first kappa shape index (κ1) is 31.6. The zero-order valence-electron chi connectivity index (χ0n) is 23.9. The normalized spacial score (nSPS) is 18.9. The van der Waals surface area contributed by atoms with Crippen LogP contribution < -0.4 is 15.0 Å². The number of carbonyl (C=O) groups excluding carboxylic acids is 1. The van der Waals surface area contributed by atoms with Gasteiger partial charge in [0.05, 0.1) is 32.0 Å². The Labute approximate surface area is 233 Å². The molecule has 1 N–H and O–H groups in total. The summed E-state index contributed by atoms with van der Waals surface area (Å²) in [6.07, 6.45) is 0.174. The van der Waals surface area contributed by atoms with E-state index >= 15 is 0 Å². The molecule has 2 fully saturated rings. The molecule has 2 aliphatic rings. The second-order valence-corrected chi connectivity index (χ2v) is 12.1. The van der Waals surface area contributed by atoms with E-state index in [4.69, 9.17) is 37.0 Å². The number of anilines is 1. The van der Waals surface area contributed by atoms with E-state index < -0.39 is 21.0 Å². The fourth-order valence-corrected chi connectivity index (χ4v) is 6.73. The Kier molecular flexibility index (Phi) is 13.8. The van der Waals surface area contributed by atoms with Crippen molar-refractivity contribution < 1.29 is 41.8 Å². The number of hydrogen-bond donors (Lipinski definition) is 1. The highest BCUT2D eigenvalue weighted by Gasteiger charge is 2.39. The average molecular weight is 571 g/mol. The second-order valence-electron chi connectivity index (χ2n) is 9.32. The molecule has 222 valence electrons. The lowest BCUT2D eigenvalue weighted by molar-refractivity contribution is 0.00162. The van der Waals surface area contributed by atoms with Gasteiger partial charge in [0, 0.05) is 57.8 Å². The third-order valence-electron chi connectivity index (χ3n) is 6.09. The largest absolute Gasteiger partial charge is 0.500 e. The minimum Gasteiger partial charge on any atom is -0.490 e. The van der Waals surface area contributed by atoms with E-state index in [1.54, 1.807) is 0 Å². The molecule has 2 saturated heterocycles. The average Bonchev–Trinajstić information content (AvgIpc) is 3.86. The van der Waals surface area contributed by atoms with E-state index in [0.29, 0.717) is 63.4 Å². The summed E-state index contributed by atoms with van der Waals surface area (Å²) in [4.78, 5) is 14.8. The topological polar surface area (TPSA) is 113 Å². The van der Waals surface area contributed by atoms with Gasteiger partial charge >= 0.3 is 14.9 Å². The lowest BCUT2D eigenvalue weighted by Crippen LogP contribution is -2.46. The fraction of sp³-hybridized carbons (Fsp3) is 0.741. The lowest BCUT2D eigenvalue weighted by atomic mass is 10.2. The zero-order valence-corrected chi connectivity index (χ0v) is 24.9. The van der Waals surface area contributed by atoms with Gasteiger partial charge in [-0.2, -0.15) is 0 Å². The highest BCUT2D eigenvalue weighted by atomic mass is 28.4.